The fourth-order valence-electron chi connectivity index (χ4n) is 1.33. The van der Waals surface area contributed by atoms with E-state index in [9.17, 15) is 18.0 Å². The van der Waals surface area contributed by atoms with E-state index in [1.54, 1.807) is 6.92 Å². The quantitative estimate of drug-likeness (QED) is 0.666. The lowest BCUT2D eigenvalue weighted by Gasteiger charge is -2.18. The average Bonchev–Trinajstić information content (AvgIpc) is 2.78. The number of methoxy groups -OCH3 is 2. The van der Waals surface area contributed by atoms with Gasteiger partial charge in [0.05, 0.1) is 18.0 Å². The lowest BCUT2D eigenvalue weighted by Crippen LogP contribution is -2.39. The summed E-state index contributed by atoms with van der Waals surface area (Å²) in [6.45, 7) is 0.607. The van der Waals surface area contributed by atoms with Gasteiger partial charge in [0.25, 0.3) is 10.0 Å². The normalized spacial score (nSPS) is 11.5. The van der Waals surface area contributed by atoms with Gasteiger partial charge >= 0.3 is 11.9 Å². The van der Waals surface area contributed by atoms with E-state index >= 15 is 0 Å². The third kappa shape index (κ3) is 4.50. The molecule has 0 N–H and O–H groups in total. The van der Waals surface area contributed by atoms with Crippen LogP contribution in [0.3, 0.4) is 0 Å². The van der Waals surface area contributed by atoms with Crippen molar-refractivity contribution in [2.45, 2.75) is 11.1 Å². The fourth-order valence-corrected chi connectivity index (χ4v) is 5.04. The summed E-state index contributed by atoms with van der Waals surface area (Å²) in [7, 11) is -1.72. The molecule has 7 nitrogen and oxygen atoms in total. The zero-order chi connectivity index (χ0) is 16.2. The van der Waals surface area contributed by atoms with E-state index in [0.29, 0.717) is 3.79 Å². The van der Waals surface area contributed by atoms with Crippen molar-refractivity contribution in [3.05, 3.63) is 15.4 Å². The van der Waals surface area contributed by atoms with E-state index in [4.69, 9.17) is 0 Å². The number of esters is 2. The van der Waals surface area contributed by atoms with Gasteiger partial charge in [0.1, 0.15) is 17.3 Å². The summed E-state index contributed by atoms with van der Waals surface area (Å²) in [6.07, 6.45) is 0. The Morgan fingerprint density at radius 1 is 1.24 bits per heavy atom. The molecular weight excluding hydrogens is 386 g/mol. The van der Waals surface area contributed by atoms with Crippen LogP contribution in [-0.2, 0) is 29.1 Å². The van der Waals surface area contributed by atoms with Crippen molar-refractivity contribution in [1.29, 1.82) is 0 Å². The number of halogens is 1. The lowest BCUT2D eigenvalue weighted by molar-refractivity contribution is -0.143. The van der Waals surface area contributed by atoms with Crippen molar-refractivity contribution in [1.82, 2.24) is 4.31 Å². The second-order valence-electron chi connectivity index (χ2n) is 3.95. The molecule has 0 aromatic carbocycles. The molecule has 0 aliphatic rings. The van der Waals surface area contributed by atoms with Crippen LogP contribution in [0.4, 0.5) is 0 Å². The highest BCUT2D eigenvalue weighted by molar-refractivity contribution is 9.11. The fraction of sp³-hybridized carbons (Fsp3) is 0.455. The Balaban J connectivity index is 3.15. The molecule has 1 heterocycles. The van der Waals surface area contributed by atoms with Crippen LogP contribution < -0.4 is 0 Å². The summed E-state index contributed by atoms with van der Waals surface area (Å²) in [6, 6.07) is 1.46. The van der Waals surface area contributed by atoms with Gasteiger partial charge < -0.3 is 9.47 Å². The standard InChI is InChI=1S/C11H14BrNO6S2/c1-7-4-10(20-11(7)12)21(16,17)13(5-8(14)18-2)6-9(15)19-3/h4H,5-6H2,1-3H3. The van der Waals surface area contributed by atoms with Crippen molar-refractivity contribution in [3.8, 4) is 0 Å². The Labute approximate surface area is 135 Å². The monoisotopic (exact) mass is 399 g/mol. The zero-order valence-electron chi connectivity index (χ0n) is 11.6. The van der Waals surface area contributed by atoms with Gasteiger partial charge in [0.15, 0.2) is 0 Å². The van der Waals surface area contributed by atoms with E-state index in [1.807, 2.05) is 0 Å². The van der Waals surface area contributed by atoms with Gasteiger partial charge in [-0.25, -0.2) is 8.42 Å². The Morgan fingerprint density at radius 2 is 1.71 bits per heavy atom. The minimum absolute atomic E-state index is 0.0275. The molecule has 0 saturated carbocycles. The summed E-state index contributed by atoms with van der Waals surface area (Å²) in [5.74, 6) is -1.54. The number of sulfonamides is 1. The van der Waals surface area contributed by atoms with Crippen LogP contribution in [0.25, 0.3) is 0 Å². The first-order valence-corrected chi connectivity index (χ1v) is 8.67. The van der Waals surface area contributed by atoms with Gasteiger partial charge in [-0.15, -0.1) is 11.3 Å². The number of rotatable bonds is 6. The first kappa shape index (κ1) is 18.1. The Bertz CT molecular complexity index is 602. The molecule has 0 spiro atoms. The number of nitrogens with zero attached hydrogens (tertiary/aromatic N) is 1. The van der Waals surface area contributed by atoms with Crippen LogP contribution >= 0.6 is 27.3 Å². The minimum Gasteiger partial charge on any atom is -0.468 e. The first-order valence-electron chi connectivity index (χ1n) is 5.62. The van der Waals surface area contributed by atoms with Crippen molar-refractivity contribution >= 4 is 49.2 Å². The van der Waals surface area contributed by atoms with Gasteiger partial charge in [0, 0.05) is 0 Å². The highest BCUT2D eigenvalue weighted by Crippen LogP contribution is 2.32. The number of carbonyl (C=O) groups is 2. The molecule has 10 heteroatoms. The molecule has 0 bridgehead atoms. The van der Waals surface area contributed by atoms with Crippen molar-refractivity contribution in [3.63, 3.8) is 0 Å². The van der Waals surface area contributed by atoms with Crippen LogP contribution in [0.15, 0.2) is 14.1 Å². The van der Waals surface area contributed by atoms with Crippen LogP contribution in [0.1, 0.15) is 5.56 Å². The predicted molar refractivity (Wildman–Crippen MR) is 79.5 cm³/mol. The summed E-state index contributed by atoms with van der Waals surface area (Å²) < 4.78 is 35.3. The average molecular weight is 400 g/mol. The summed E-state index contributed by atoms with van der Waals surface area (Å²) in [4.78, 5) is 22.7. The molecule has 0 aliphatic carbocycles. The molecule has 0 radical (unpaired) electrons. The molecule has 1 aromatic heterocycles. The first-order chi connectivity index (χ1) is 9.72. The van der Waals surface area contributed by atoms with E-state index < -0.39 is 35.1 Å². The molecule has 0 aliphatic heterocycles. The molecule has 21 heavy (non-hydrogen) atoms. The lowest BCUT2D eigenvalue weighted by atomic mass is 10.4. The third-order valence-corrected chi connectivity index (χ3v) is 6.87. The maximum atomic E-state index is 12.5. The van der Waals surface area contributed by atoms with Gasteiger partial charge in [0.2, 0.25) is 0 Å². The number of hydrogen-bond donors (Lipinski definition) is 0. The van der Waals surface area contributed by atoms with Crippen LogP contribution in [0, 0.1) is 6.92 Å². The molecular formula is C11H14BrNO6S2. The molecule has 0 fully saturated rings. The molecule has 1 aromatic rings. The van der Waals surface area contributed by atoms with Gasteiger partial charge in [-0.1, -0.05) is 0 Å². The van der Waals surface area contributed by atoms with Gasteiger partial charge in [-0.2, -0.15) is 4.31 Å². The van der Waals surface area contributed by atoms with Gasteiger partial charge in [-0.05, 0) is 34.5 Å². The number of ether oxygens (including phenoxy) is 2. The number of thiophene rings is 1. The smallest absolute Gasteiger partial charge is 0.321 e. The Hall–Kier alpha value is -0.970. The van der Waals surface area contributed by atoms with Crippen LogP contribution in [-0.4, -0.2) is 52.0 Å². The maximum absolute atomic E-state index is 12.5. The maximum Gasteiger partial charge on any atom is 0.321 e. The van der Waals surface area contributed by atoms with Gasteiger partial charge in [-0.3, -0.25) is 9.59 Å². The number of carbonyl (C=O) groups excluding carboxylic acids is 2. The molecule has 0 unspecified atom stereocenters. The topological polar surface area (TPSA) is 90.0 Å². The molecule has 0 atom stereocenters. The van der Waals surface area contributed by atoms with E-state index in [-0.39, 0.29) is 4.21 Å². The second-order valence-corrected chi connectivity index (χ2v) is 8.48. The SMILES string of the molecule is COC(=O)CN(CC(=O)OC)S(=O)(=O)c1cc(C)c(Br)s1. The summed E-state index contributed by atoms with van der Waals surface area (Å²) >= 11 is 4.24. The zero-order valence-corrected chi connectivity index (χ0v) is 14.8. The predicted octanol–water partition coefficient (Wildman–Crippen LogP) is 1.16. The van der Waals surface area contributed by atoms with Crippen molar-refractivity contribution in [2.24, 2.45) is 0 Å². The molecule has 0 amide bonds. The molecule has 118 valence electrons. The summed E-state index contributed by atoms with van der Waals surface area (Å²) in [5, 5.41) is 0. The highest BCUT2D eigenvalue weighted by atomic mass is 79.9. The minimum atomic E-state index is -3.99. The van der Waals surface area contributed by atoms with Crippen LogP contribution in [0.2, 0.25) is 0 Å². The largest absolute Gasteiger partial charge is 0.468 e. The van der Waals surface area contributed by atoms with Crippen molar-refractivity contribution in [2.75, 3.05) is 27.3 Å². The van der Waals surface area contributed by atoms with Crippen molar-refractivity contribution < 1.29 is 27.5 Å². The Kier molecular flexibility index (Phi) is 6.32. The second kappa shape index (κ2) is 7.34. The Morgan fingerprint density at radius 3 is 2.05 bits per heavy atom. The summed E-state index contributed by atoms with van der Waals surface area (Å²) in [5.41, 5.74) is 0.745. The van der Waals surface area contributed by atoms with E-state index in [0.717, 1.165) is 35.4 Å². The van der Waals surface area contributed by atoms with E-state index in [1.165, 1.54) is 6.07 Å². The highest BCUT2D eigenvalue weighted by Gasteiger charge is 2.31. The molecule has 1 rings (SSSR count). The number of aryl methyl sites for hydroxylation is 1. The third-order valence-electron chi connectivity index (χ3n) is 2.49. The number of hydrogen-bond acceptors (Lipinski definition) is 7. The molecule has 0 saturated heterocycles. The van der Waals surface area contributed by atoms with Crippen LogP contribution in [0.5, 0.6) is 0 Å². The van der Waals surface area contributed by atoms with E-state index in [2.05, 4.69) is 25.4 Å².